The van der Waals surface area contributed by atoms with E-state index in [1.807, 2.05) is 44.2 Å². The normalized spacial score (nSPS) is 17.8. The minimum absolute atomic E-state index is 0.109. The molecule has 26 heavy (non-hydrogen) atoms. The number of amides is 1. The molecule has 6 nitrogen and oxygen atoms in total. The van der Waals surface area contributed by atoms with Gasteiger partial charge in [0.25, 0.3) is 0 Å². The lowest BCUT2D eigenvalue weighted by Gasteiger charge is -2.41. The van der Waals surface area contributed by atoms with Crippen molar-refractivity contribution in [3.63, 3.8) is 0 Å². The molecule has 1 fully saturated rings. The number of Topliss-reactive ketones (excluding diaryl/α,β-unsaturated/α-hetero) is 1. The molecule has 2 heterocycles. The van der Waals surface area contributed by atoms with Crippen molar-refractivity contribution in [2.24, 2.45) is 5.73 Å². The summed E-state index contributed by atoms with van der Waals surface area (Å²) in [5.74, 6) is 0.0458. The number of aromatic amines is 1. The van der Waals surface area contributed by atoms with Gasteiger partial charge in [-0.25, -0.2) is 0 Å². The zero-order chi connectivity index (χ0) is 18.9. The van der Waals surface area contributed by atoms with Crippen molar-refractivity contribution >= 4 is 11.7 Å². The number of aryl methyl sites for hydroxylation is 2. The second-order valence-corrected chi connectivity index (χ2v) is 7.15. The fourth-order valence-corrected chi connectivity index (χ4v) is 4.05. The van der Waals surface area contributed by atoms with Gasteiger partial charge in [-0.2, -0.15) is 5.10 Å². The fraction of sp³-hybridized carbons (Fsp3) is 0.450. The molecule has 3 rings (SSSR count). The maximum atomic E-state index is 12.9. The van der Waals surface area contributed by atoms with E-state index >= 15 is 0 Å². The smallest absolute Gasteiger partial charge is 0.244 e. The lowest BCUT2D eigenvalue weighted by atomic mass is 9.70. The standard InChI is InChI=1S/C20H26N4O2/c1-13-17(14(2)23-22-13)18(21)19(26)24-11-9-20(10-12-24,15(3)25)16-7-5-4-6-8-16/h4-8,18H,9-12,21H2,1-3H3,(H,22,23). The number of nitrogens with one attached hydrogen (secondary N) is 1. The Hall–Kier alpha value is -2.47. The monoisotopic (exact) mass is 354 g/mol. The van der Waals surface area contributed by atoms with Crippen molar-refractivity contribution in [2.45, 2.75) is 45.1 Å². The summed E-state index contributed by atoms with van der Waals surface area (Å²) in [6.45, 7) is 6.41. The molecule has 1 amide bonds. The molecule has 2 aromatic rings. The first-order valence-corrected chi connectivity index (χ1v) is 8.99. The summed E-state index contributed by atoms with van der Waals surface area (Å²) < 4.78 is 0. The Kier molecular flexibility index (Phi) is 4.96. The summed E-state index contributed by atoms with van der Waals surface area (Å²) in [6.07, 6.45) is 1.24. The Morgan fingerprint density at radius 3 is 2.31 bits per heavy atom. The summed E-state index contributed by atoms with van der Waals surface area (Å²) >= 11 is 0. The maximum Gasteiger partial charge on any atom is 0.244 e. The van der Waals surface area contributed by atoms with E-state index in [0.29, 0.717) is 25.9 Å². The van der Waals surface area contributed by atoms with E-state index in [1.54, 1.807) is 11.8 Å². The van der Waals surface area contributed by atoms with Gasteiger partial charge in [-0.05, 0) is 39.2 Å². The average molecular weight is 354 g/mol. The molecule has 0 aliphatic carbocycles. The van der Waals surface area contributed by atoms with Gasteiger partial charge in [0.15, 0.2) is 0 Å². The van der Waals surface area contributed by atoms with Crippen LogP contribution in [0.15, 0.2) is 30.3 Å². The molecule has 0 spiro atoms. The van der Waals surface area contributed by atoms with Gasteiger partial charge < -0.3 is 10.6 Å². The van der Waals surface area contributed by atoms with E-state index in [4.69, 9.17) is 5.73 Å². The first-order valence-electron chi connectivity index (χ1n) is 8.99. The van der Waals surface area contributed by atoms with Gasteiger partial charge in [-0.1, -0.05) is 30.3 Å². The molecule has 1 atom stereocenters. The van der Waals surface area contributed by atoms with E-state index in [9.17, 15) is 9.59 Å². The zero-order valence-corrected chi connectivity index (χ0v) is 15.6. The highest BCUT2D eigenvalue weighted by atomic mass is 16.2. The van der Waals surface area contributed by atoms with Crippen LogP contribution in [-0.2, 0) is 15.0 Å². The quantitative estimate of drug-likeness (QED) is 0.880. The topological polar surface area (TPSA) is 92.1 Å². The Balaban J connectivity index is 1.77. The summed E-state index contributed by atoms with van der Waals surface area (Å²) in [6, 6.07) is 9.14. The summed E-state index contributed by atoms with van der Waals surface area (Å²) in [4.78, 5) is 27.1. The second-order valence-electron chi connectivity index (χ2n) is 7.15. The number of hydrogen-bond acceptors (Lipinski definition) is 4. The predicted molar refractivity (Wildman–Crippen MR) is 99.6 cm³/mol. The molecule has 0 bridgehead atoms. The number of nitrogens with zero attached hydrogens (tertiary/aromatic N) is 2. The lowest BCUT2D eigenvalue weighted by Crippen LogP contribution is -2.50. The highest BCUT2D eigenvalue weighted by molar-refractivity contribution is 5.89. The molecule has 6 heteroatoms. The van der Waals surface area contributed by atoms with Crippen LogP contribution in [0.5, 0.6) is 0 Å². The van der Waals surface area contributed by atoms with Crippen molar-refractivity contribution in [3.8, 4) is 0 Å². The molecule has 0 radical (unpaired) electrons. The van der Waals surface area contributed by atoms with Crippen LogP contribution >= 0.6 is 0 Å². The van der Waals surface area contributed by atoms with Crippen LogP contribution in [0.4, 0.5) is 0 Å². The predicted octanol–water partition coefficient (Wildman–Crippen LogP) is 2.18. The summed E-state index contributed by atoms with van der Waals surface area (Å²) in [5.41, 5.74) is 9.10. The number of rotatable bonds is 4. The van der Waals surface area contributed by atoms with Crippen LogP contribution in [0.1, 0.15) is 48.3 Å². The number of carbonyl (C=O) groups is 2. The minimum atomic E-state index is -0.727. The maximum absolute atomic E-state index is 12.9. The number of aromatic nitrogens is 2. The molecule has 1 aliphatic rings. The van der Waals surface area contributed by atoms with Crippen LogP contribution in [0, 0.1) is 13.8 Å². The third-order valence-corrected chi connectivity index (χ3v) is 5.69. The lowest BCUT2D eigenvalue weighted by molar-refractivity contribution is -0.136. The van der Waals surface area contributed by atoms with Crippen molar-refractivity contribution in [1.29, 1.82) is 0 Å². The molecule has 1 aromatic heterocycles. The highest BCUT2D eigenvalue weighted by Gasteiger charge is 2.42. The van der Waals surface area contributed by atoms with Gasteiger partial charge in [0, 0.05) is 24.3 Å². The molecule has 0 saturated carbocycles. The van der Waals surface area contributed by atoms with Gasteiger partial charge in [-0.3, -0.25) is 14.7 Å². The number of nitrogens with two attached hydrogens (primary N) is 1. The largest absolute Gasteiger partial charge is 0.341 e. The Morgan fingerprint density at radius 1 is 1.19 bits per heavy atom. The number of likely N-dealkylation sites (tertiary alicyclic amines) is 1. The third-order valence-electron chi connectivity index (χ3n) is 5.69. The van der Waals surface area contributed by atoms with E-state index in [2.05, 4.69) is 10.2 Å². The number of H-pyrrole nitrogens is 1. The number of hydrogen-bond donors (Lipinski definition) is 2. The van der Waals surface area contributed by atoms with Gasteiger partial charge in [-0.15, -0.1) is 0 Å². The van der Waals surface area contributed by atoms with Crippen molar-refractivity contribution in [2.75, 3.05) is 13.1 Å². The van der Waals surface area contributed by atoms with Crippen molar-refractivity contribution < 1.29 is 9.59 Å². The molecule has 1 saturated heterocycles. The van der Waals surface area contributed by atoms with E-state index < -0.39 is 11.5 Å². The van der Waals surface area contributed by atoms with Gasteiger partial charge >= 0.3 is 0 Å². The van der Waals surface area contributed by atoms with Gasteiger partial charge in [0.1, 0.15) is 11.8 Å². The Labute approximate surface area is 153 Å². The molecular weight excluding hydrogens is 328 g/mol. The first-order chi connectivity index (χ1) is 12.4. The Bertz CT molecular complexity index is 785. The van der Waals surface area contributed by atoms with Gasteiger partial charge in [0.05, 0.1) is 11.1 Å². The molecule has 1 unspecified atom stereocenters. The molecular formula is C20H26N4O2. The molecule has 1 aliphatic heterocycles. The summed E-state index contributed by atoms with van der Waals surface area (Å²) in [7, 11) is 0. The van der Waals surface area contributed by atoms with Crippen molar-refractivity contribution in [3.05, 3.63) is 52.8 Å². The summed E-state index contributed by atoms with van der Waals surface area (Å²) in [5, 5.41) is 7.01. The van der Waals surface area contributed by atoms with Crippen molar-refractivity contribution in [1.82, 2.24) is 15.1 Å². The first kappa shape index (κ1) is 18.3. The van der Waals surface area contributed by atoms with E-state index in [-0.39, 0.29) is 11.7 Å². The molecule has 1 aromatic carbocycles. The Morgan fingerprint density at radius 2 is 1.81 bits per heavy atom. The van der Waals surface area contributed by atoms with Gasteiger partial charge in [0.2, 0.25) is 5.91 Å². The van der Waals surface area contributed by atoms with Crippen LogP contribution < -0.4 is 5.73 Å². The second kappa shape index (κ2) is 7.03. The van der Waals surface area contributed by atoms with E-state index in [1.165, 1.54) is 0 Å². The minimum Gasteiger partial charge on any atom is -0.341 e. The SMILES string of the molecule is CC(=O)C1(c2ccccc2)CCN(C(=O)C(N)c2c(C)n[nH]c2C)CC1. The van der Waals surface area contributed by atoms with Crippen LogP contribution in [-0.4, -0.2) is 39.9 Å². The highest BCUT2D eigenvalue weighted by Crippen LogP contribution is 2.37. The molecule has 3 N–H and O–H groups in total. The van der Waals surface area contributed by atoms with Crippen LogP contribution in [0.2, 0.25) is 0 Å². The zero-order valence-electron chi connectivity index (χ0n) is 15.6. The third kappa shape index (κ3) is 3.05. The number of carbonyl (C=O) groups excluding carboxylic acids is 2. The number of benzene rings is 1. The molecule has 138 valence electrons. The average Bonchev–Trinajstić information content (AvgIpc) is 2.99. The van der Waals surface area contributed by atoms with E-state index in [0.717, 1.165) is 22.5 Å². The number of piperidine rings is 1. The fourth-order valence-electron chi connectivity index (χ4n) is 4.05. The van der Waals surface area contributed by atoms with Crippen LogP contribution in [0.25, 0.3) is 0 Å². The number of ketones is 1. The van der Waals surface area contributed by atoms with Crippen LogP contribution in [0.3, 0.4) is 0 Å².